The van der Waals surface area contributed by atoms with Crippen molar-refractivity contribution in [1.82, 2.24) is 8.96 Å². The molecule has 0 saturated carbocycles. The molecular formula is C14H18N2O2S. The lowest BCUT2D eigenvalue weighted by Crippen LogP contribution is -2.16. The average Bonchev–Trinajstić information content (AvgIpc) is 2.82. The van der Waals surface area contributed by atoms with Gasteiger partial charge in [0.05, 0.1) is 4.90 Å². The third kappa shape index (κ3) is 2.30. The summed E-state index contributed by atoms with van der Waals surface area (Å²) >= 11 is 0. The Kier molecular flexibility index (Phi) is 3.49. The summed E-state index contributed by atoms with van der Waals surface area (Å²) in [5, 5.41) is 0. The van der Waals surface area contributed by atoms with Gasteiger partial charge in [0.2, 0.25) is 0 Å². The van der Waals surface area contributed by atoms with Crippen molar-refractivity contribution in [2.24, 2.45) is 0 Å². The number of nitrogens with zero attached hydrogens (tertiary/aromatic N) is 2. The monoisotopic (exact) mass is 278 g/mol. The third-order valence-electron chi connectivity index (χ3n) is 3.32. The van der Waals surface area contributed by atoms with E-state index in [1.165, 1.54) is 16.4 Å². The van der Waals surface area contributed by atoms with Gasteiger partial charge in [-0.3, -0.25) is 0 Å². The minimum Gasteiger partial charge on any atom is -0.241 e. The summed E-state index contributed by atoms with van der Waals surface area (Å²) in [4.78, 5) is 4.43. The van der Waals surface area contributed by atoms with E-state index in [1.54, 1.807) is 6.07 Å². The Morgan fingerprint density at radius 3 is 2.37 bits per heavy atom. The molecule has 0 radical (unpaired) electrons. The predicted octanol–water partition coefficient (Wildman–Crippen LogP) is 2.61. The number of imidazole rings is 1. The lowest BCUT2D eigenvalue weighted by Gasteiger charge is -2.13. The molecule has 2 rings (SSSR count). The molecule has 0 spiro atoms. The Labute approximate surface area is 114 Å². The quantitative estimate of drug-likeness (QED) is 0.867. The van der Waals surface area contributed by atoms with Crippen molar-refractivity contribution < 1.29 is 8.42 Å². The highest BCUT2D eigenvalue weighted by atomic mass is 32.2. The Balaban J connectivity index is 2.67. The van der Waals surface area contributed by atoms with E-state index in [0.29, 0.717) is 17.1 Å². The smallest absolute Gasteiger partial charge is 0.241 e. The topological polar surface area (TPSA) is 52.0 Å². The number of hydrogen-bond acceptors (Lipinski definition) is 3. The third-order valence-corrected chi connectivity index (χ3v) is 5.17. The van der Waals surface area contributed by atoms with Crippen LogP contribution in [0, 0.1) is 20.8 Å². The van der Waals surface area contributed by atoms with Crippen LogP contribution in [-0.4, -0.2) is 17.4 Å². The predicted molar refractivity (Wildman–Crippen MR) is 74.8 cm³/mol. The van der Waals surface area contributed by atoms with Crippen molar-refractivity contribution in [3.8, 4) is 0 Å². The minimum atomic E-state index is -3.55. The molecule has 0 amide bonds. The highest BCUT2D eigenvalue weighted by Crippen LogP contribution is 2.23. The van der Waals surface area contributed by atoms with Crippen LogP contribution in [0.3, 0.4) is 0 Å². The molecule has 0 fully saturated rings. The zero-order valence-electron chi connectivity index (χ0n) is 11.6. The van der Waals surface area contributed by atoms with Crippen LogP contribution >= 0.6 is 0 Å². The molecule has 1 aromatic carbocycles. The Hall–Kier alpha value is -1.62. The second-order valence-electron chi connectivity index (χ2n) is 4.70. The molecule has 0 aliphatic heterocycles. The molecule has 2 aromatic rings. The minimum absolute atomic E-state index is 0.350. The average molecular weight is 278 g/mol. The van der Waals surface area contributed by atoms with Crippen LogP contribution < -0.4 is 0 Å². The molecule has 0 aliphatic carbocycles. The number of hydrogen-bond donors (Lipinski definition) is 0. The van der Waals surface area contributed by atoms with Crippen molar-refractivity contribution in [2.45, 2.75) is 39.0 Å². The van der Waals surface area contributed by atoms with E-state index in [2.05, 4.69) is 4.98 Å². The second kappa shape index (κ2) is 4.81. The highest BCUT2D eigenvalue weighted by Gasteiger charge is 2.22. The molecule has 0 aliphatic rings. The Morgan fingerprint density at radius 1 is 1.11 bits per heavy atom. The summed E-state index contributed by atoms with van der Waals surface area (Å²) in [5.41, 5.74) is 2.83. The standard InChI is InChI=1S/C14H18N2O2S/c1-5-14-15-6-7-16(14)19(17,18)13-9-11(3)10(2)8-12(13)4/h6-9H,5H2,1-4H3. The summed E-state index contributed by atoms with van der Waals surface area (Å²) in [6, 6.07) is 3.64. The number of aromatic nitrogens is 2. The van der Waals surface area contributed by atoms with Gasteiger partial charge in [-0.15, -0.1) is 0 Å². The fourth-order valence-electron chi connectivity index (χ4n) is 2.11. The van der Waals surface area contributed by atoms with Crippen LogP contribution in [0.25, 0.3) is 0 Å². The maximum Gasteiger partial charge on any atom is 0.269 e. The number of aryl methyl sites for hydroxylation is 4. The van der Waals surface area contributed by atoms with Gasteiger partial charge in [0.25, 0.3) is 10.0 Å². The van der Waals surface area contributed by atoms with Crippen LogP contribution in [0.4, 0.5) is 0 Å². The van der Waals surface area contributed by atoms with Crippen molar-refractivity contribution in [3.05, 3.63) is 47.0 Å². The fourth-order valence-corrected chi connectivity index (χ4v) is 3.78. The summed E-state index contributed by atoms with van der Waals surface area (Å²) in [7, 11) is -3.55. The maximum absolute atomic E-state index is 12.7. The zero-order valence-corrected chi connectivity index (χ0v) is 12.5. The Bertz CT molecular complexity index is 715. The first-order valence-corrected chi connectivity index (χ1v) is 7.67. The van der Waals surface area contributed by atoms with Crippen molar-refractivity contribution >= 4 is 10.0 Å². The van der Waals surface area contributed by atoms with E-state index in [4.69, 9.17) is 0 Å². The van der Waals surface area contributed by atoms with E-state index in [0.717, 1.165) is 16.7 Å². The molecule has 0 saturated heterocycles. The molecule has 1 aromatic heterocycles. The molecule has 0 atom stereocenters. The summed E-state index contributed by atoms with van der Waals surface area (Å²) < 4.78 is 26.6. The first-order chi connectivity index (χ1) is 8.87. The molecule has 0 bridgehead atoms. The highest BCUT2D eigenvalue weighted by molar-refractivity contribution is 7.90. The van der Waals surface area contributed by atoms with Crippen LogP contribution in [0.1, 0.15) is 29.4 Å². The van der Waals surface area contributed by atoms with Gasteiger partial charge in [-0.25, -0.2) is 17.4 Å². The van der Waals surface area contributed by atoms with E-state index >= 15 is 0 Å². The van der Waals surface area contributed by atoms with Gasteiger partial charge in [-0.1, -0.05) is 13.0 Å². The van der Waals surface area contributed by atoms with Crippen LogP contribution in [0.5, 0.6) is 0 Å². The van der Waals surface area contributed by atoms with Gasteiger partial charge >= 0.3 is 0 Å². The van der Waals surface area contributed by atoms with Crippen LogP contribution in [0.15, 0.2) is 29.4 Å². The van der Waals surface area contributed by atoms with Crippen LogP contribution in [0.2, 0.25) is 0 Å². The molecule has 1 heterocycles. The normalized spacial score (nSPS) is 11.8. The molecular weight excluding hydrogens is 260 g/mol. The van der Waals surface area contributed by atoms with Crippen molar-refractivity contribution in [1.29, 1.82) is 0 Å². The molecule has 4 nitrogen and oxygen atoms in total. The molecule has 5 heteroatoms. The first-order valence-electron chi connectivity index (χ1n) is 6.23. The van der Waals surface area contributed by atoms with E-state index in [9.17, 15) is 8.42 Å². The van der Waals surface area contributed by atoms with Gasteiger partial charge in [-0.05, 0) is 43.5 Å². The van der Waals surface area contributed by atoms with Crippen LogP contribution in [-0.2, 0) is 16.4 Å². The number of rotatable bonds is 3. The van der Waals surface area contributed by atoms with Gasteiger partial charge in [0.1, 0.15) is 5.82 Å². The van der Waals surface area contributed by atoms with Crippen molar-refractivity contribution in [2.75, 3.05) is 0 Å². The molecule has 19 heavy (non-hydrogen) atoms. The van der Waals surface area contributed by atoms with Gasteiger partial charge < -0.3 is 0 Å². The number of benzene rings is 1. The van der Waals surface area contributed by atoms with E-state index in [-0.39, 0.29) is 0 Å². The summed E-state index contributed by atoms with van der Waals surface area (Å²) in [5.74, 6) is 0.553. The summed E-state index contributed by atoms with van der Waals surface area (Å²) in [6.07, 6.45) is 3.60. The Morgan fingerprint density at radius 2 is 1.74 bits per heavy atom. The lowest BCUT2D eigenvalue weighted by atomic mass is 10.1. The van der Waals surface area contributed by atoms with Gasteiger partial charge in [-0.2, -0.15) is 0 Å². The first kappa shape index (κ1) is 13.8. The van der Waals surface area contributed by atoms with E-state index < -0.39 is 10.0 Å². The molecule has 102 valence electrons. The second-order valence-corrected chi connectivity index (χ2v) is 6.48. The van der Waals surface area contributed by atoms with Gasteiger partial charge in [0, 0.05) is 18.8 Å². The van der Waals surface area contributed by atoms with Crippen molar-refractivity contribution in [3.63, 3.8) is 0 Å². The van der Waals surface area contributed by atoms with Gasteiger partial charge in [0.15, 0.2) is 0 Å². The lowest BCUT2D eigenvalue weighted by molar-refractivity contribution is 0.584. The maximum atomic E-state index is 12.7. The van der Waals surface area contributed by atoms with E-state index in [1.807, 2.05) is 33.8 Å². The SMILES string of the molecule is CCc1nccn1S(=O)(=O)c1cc(C)c(C)cc1C. The molecule has 0 N–H and O–H groups in total. The molecule has 0 unspecified atom stereocenters. The summed E-state index contributed by atoms with van der Waals surface area (Å²) in [6.45, 7) is 7.61. The zero-order chi connectivity index (χ0) is 14.2. The largest absolute Gasteiger partial charge is 0.269 e. The fraction of sp³-hybridized carbons (Fsp3) is 0.357.